The molecular weight excluding hydrogens is 464 g/mol. The van der Waals surface area contributed by atoms with Crippen LogP contribution in [-0.2, 0) is 22.6 Å². The number of nitrogens with one attached hydrogen (secondary N) is 1. The first-order chi connectivity index (χ1) is 17.9. The second-order valence-electron chi connectivity index (χ2n) is 9.39. The van der Waals surface area contributed by atoms with Gasteiger partial charge in [-0.3, -0.25) is 24.4 Å². The maximum absolute atomic E-state index is 14.0. The Hall–Kier alpha value is -4.52. The number of carbonyl (C=O) groups excluding carboxylic acids is 2. The summed E-state index contributed by atoms with van der Waals surface area (Å²) in [5, 5.41) is 3.22. The summed E-state index contributed by atoms with van der Waals surface area (Å²) < 4.78 is 3.15. The summed E-state index contributed by atoms with van der Waals surface area (Å²) in [7, 11) is 0. The van der Waals surface area contributed by atoms with E-state index in [1.165, 1.54) is 9.58 Å². The van der Waals surface area contributed by atoms with Gasteiger partial charge in [-0.25, -0.2) is 4.68 Å². The van der Waals surface area contributed by atoms with E-state index >= 15 is 0 Å². The topological polar surface area (TPSA) is 79.1 Å². The highest BCUT2D eigenvalue weighted by Gasteiger charge is 2.47. The normalized spacial score (nSPS) is 13.6. The highest BCUT2D eigenvalue weighted by atomic mass is 16.2. The maximum atomic E-state index is 14.0. The van der Waals surface area contributed by atoms with Gasteiger partial charge in [0.15, 0.2) is 12.4 Å². The van der Waals surface area contributed by atoms with Crippen molar-refractivity contribution >= 4 is 23.1 Å². The number of aromatic nitrogens is 3. The Morgan fingerprint density at radius 3 is 2.08 bits per heavy atom. The summed E-state index contributed by atoms with van der Waals surface area (Å²) in [6, 6.07) is 20.6. The number of carbonyl (C=O) groups is 2. The van der Waals surface area contributed by atoms with Crippen LogP contribution in [0.25, 0.3) is 17.0 Å². The highest BCUT2D eigenvalue weighted by Crippen LogP contribution is 2.31. The average Bonchev–Trinajstić information content (AvgIpc) is 3.32. The zero-order chi connectivity index (χ0) is 26.1. The van der Waals surface area contributed by atoms with Gasteiger partial charge in [0, 0.05) is 16.8 Å². The fraction of sp³-hybridized carbons (Fsp3) is 0.200. The molecule has 1 aliphatic rings. The fourth-order valence-corrected chi connectivity index (χ4v) is 4.91. The van der Waals surface area contributed by atoms with E-state index in [4.69, 9.17) is 0 Å². The Balaban J connectivity index is 1.75. The van der Waals surface area contributed by atoms with Gasteiger partial charge in [-0.2, -0.15) is 4.57 Å². The number of amides is 2. The number of benzene rings is 2. The zero-order valence-electron chi connectivity index (χ0n) is 21.2. The smallest absolute Gasteiger partial charge is 0.294 e. The van der Waals surface area contributed by atoms with E-state index in [9.17, 15) is 14.4 Å². The van der Waals surface area contributed by atoms with Crippen LogP contribution in [0.1, 0.15) is 41.3 Å². The number of H-pyrrole nitrogens is 1. The van der Waals surface area contributed by atoms with E-state index < -0.39 is 11.8 Å². The van der Waals surface area contributed by atoms with Crippen LogP contribution in [0.3, 0.4) is 0 Å². The van der Waals surface area contributed by atoms with Gasteiger partial charge in [0.1, 0.15) is 5.57 Å². The molecule has 1 aliphatic heterocycles. The van der Waals surface area contributed by atoms with Crippen molar-refractivity contribution in [1.82, 2.24) is 14.7 Å². The molecule has 0 aliphatic carbocycles. The first-order valence-electron chi connectivity index (χ1n) is 12.4. The Labute approximate surface area is 215 Å². The third kappa shape index (κ3) is 4.44. The molecule has 0 bridgehead atoms. The lowest BCUT2D eigenvalue weighted by molar-refractivity contribution is -0.577. The van der Waals surface area contributed by atoms with Gasteiger partial charge >= 0.3 is 5.91 Å². The number of para-hydroxylation sites is 1. The van der Waals surface area contributed by atoms with Crippen molar-refractivity contribution in [3.05, 3.63) is 117 Å². The fourth-order valence-electron chi connectivity index (χ4n) is 4.91. The predicted molar refractivity (Wildman–Crippen MR) is 142 cm³/mol. The molecule has 5 rings (SSSR count). The van der Waals surface area contributed by atoms with Gasteiger partial charge in [0.2, 0.25) is 0 Å². The first kappa shape index (κ1) is 24.2. The molecule has 7 heteroatoms. The highest BCUT2D eigenvalue weighted by molar-refractivity contribution is 6.44. The summed E-state index contributed by atoms with van der Waals surface area (Å²) in [6.07, 6.45) is 4.96. The minimum atomic E-state index is -0.468. The summed E-state index contributed by atoms with van der Waals surface area (Å²) in [4.78, 5) is 43.0. The molecule has 1 N–H and O–H groups in total. The molecule has 0 atom stereocenters. The SMILES string of the molecule is CCCc1[nH]n(-c2ccccc2)c(=O)c1C1=C([n+]2cc(C)cc(C)c2)C(=O)N(Cc2ccccc2)C1=O. The largest absolute Gasteiger partial charge is 0.327 e. The standard InChI is InChI=1S/C30H28N4O3/c1-4-11-24-25(29(36)34(31-24)23-14-9-6-10-15-23)26-27(32-17-20(2)16-21(3)18-32)30(37)33(28(26)35)19-22-12-7-5-8-13-22/h5-10,12-18H,4,11,19H2,1-3H3/p+1. The molecule has 2 aromatic heterocycles. The Bertz CT molecular complexity index is 1560. The molecule has 4 aromatic rings. The van der Waals surface area contributed by atoms with Crippen LogP contribution in [-0.4, -0.2) is 26.5 Å². The molecule has 0 radical (unpaired) electrons. The van der Waals surface area contributed by atoms with E-state index in [2.05, 4.69) is 5.10 Å². The molecule has 7 nitrogen and oxygen atoms in total. The van der Waals surface area contributed by atoms with Crippen LogP contribution in [0.5, 0.6) is 0 Å². The van der Waals surface area contributed by atoms with Gasteiger partial charge in [0.25, 0.3) is 17.2 Å². The van der Waals surface area contributed by atoms with E-state index in [-0.39, 0.29) is 28.9 Å². The van der Waals surface area contributed by atoms with Crippen molar-refractivity contribution < 1.29 is 14.2 Å². The molecule has 3 heterocycles. The molecular formula is C30H29N4O3+. The monoisotopic (exact) mass is 493 g/mol. The van der Waals surface area contributed by atoms with E-state index in [1.54, 1.807) is 4.57 Å². The van der Waals surface area contributed by atoms with Crippen molar-refractivity contribution in [2.75, 3.05) is 0 Å². The van der Waals surface area contributed by atoms with Crippen LogP contribution in [0.15, 0.2) is 83.9 Å². The van der Waals surface area contributed by atoms with Crippen LogP contribution >= 0.6 is 0 Å². The number of nitrogens with zero attached hydrogens (tertiary/aromatic N) is 3. The number of rotatable bonds is 7. The summed E-state index contributed by atoms with van der Waals surface area (Å²) in [6.45, 7) is 6.01. The average molecular weight is 494 g/mol. The number of imide groups is 1. The minimum Gasteiger partial charge on any atom is -0.294 e. The number of hydrogen-bond acceptors (Lipinski definition) is 3. The molecule has 0 saturated carbocycles. The van der Waals surface area contributed by atoms with E-state index in [0.29, 0.717) is 17.8 Å². The van der Waals surface area contributed by atoms with Gasteiger partial charge in [0.05, 0.1) is 17.8 Å². The molecule has 0 spiro atoms. The Morgan fingerprint density at radius 1 is 0.838 bits per heavy atom. The van der Waals surface area contributed by atoms with E-state index in [1.807, 2.05) is 99.9 Å². The quantitative estimate of drug-likeness (QED) is 0.313. The molecule has 186 valence electrons. The van der Waals surface area contributed by atoms with Crippen molar-refractivity contribution in [1.29, 1.82) is 0 Å². The molecule has 2 amide bonds. The van der Waals surface area contributed by atoms with Crippen molar-refractivity contribution in [2.24, 2.45) is 0 Å². The third-order valence-electron chi connectivity index (χ3n) is 6.46. The number of hydrogen-bond donors (Lipinski definition) is 1. The molecule has 0 saturated heterocycles. The number of aryl methyl sites for hydroxylation is 3. The Kier molecular flexibility index (Phi) is 6.44. The number of pyridine rings is 1. The second-order valence-corrected chi connectivity index (χ2v) is 9.39. The van der Waals surface area contributed by atoms with Gasteiger partial charge < -0.3 is 0 Å². The van der Waals surface area contributed by atoms with Gasteiger partial charge in [-0.1, -0.05) is 61.9 Å². The molecule has 0 fully saturated rings. The maximum Gasteiger partial charge on any atom is 0.327 e. The molecule has 0 unspecified atom stereocenters. The lowest BCUT2D eigenvalue weighted by atomic mass is 10.0. The van der Waals surface area contributed by atoms with E-state index in [0.717, 1.165) is 23.1 Å². The van der Waals surface area contributed by atoms with Gasteiger partial charge in [-0.05, 0) is 44.0 Å². The van der Waals surface area contributed by atoms with Crippen LogP contribution in [0.4, 0.5) is 0 Å². The zero-order valence-corrected chi connectivity index (χ0v) is 21.2. The van der Waals surface area contributed by atoms with Crippen LogP contribution < -0.4 is 10.1 Å². The second kappa shape index (κ2) is 9.85. The minimum absolute atomic E-state index is 0.122. The summed E-state index contributed by atoms with van der Waals surface area (Å²) in [5.41, 5.74) is 4.25. The van der Waals surface area contributed by atoms with Crippen molar-refractivity contribution in [3.8, 4) is 5.69 Å². The Morgan fingerprint density at radius 2 is 1.46 bits per heavy atom. The van der Waals surface area contributed by atoms with Crippen molar-refractivity contribution in [3.63, 3.8) is 0 Å². The summed E-state index contributed by atoms with van der Waals surface area (Å²) in [5.74, 6) is -0.891. The molecule has 2 aromatic carbocycles. The predicted octanol–water partition coefficient (Wildman–Crippen LogP) is 3.96. The van der Waals surface area contributed by atoms with Crippen LogP contribution in [0.2, 0.25) is 0 Å². The summed E-state index contributed by atoms with van der Waals surface area (Å²) >= 11 is 0. The molecule has 37 heavy (non-hydrogen) atoms. The lowest BCUT2D eigenvalue weighted by Crippen LogP contribution is -2.39. The lowest BCUT2D eigenvalue weighted by Gasteiger charge is -2.13. The van der Waals surface area contributed by atoms with Crippen molar-refractivity contribution in [2.45, 2.75) is 40.2 Å². The van der Waals surface area contributed by atoms with Crippen LogP contribution in [0, 0.1) is 13.8 Å². The van der Waals surface area contributed by atoms with Gasteiger partial charge in [-0.15, -0.1) is 0 Å². The first-order valence-corrected chi connectivity index (χ1v) is 12.4. The third-order valence-corrected chi connectivity index (χ3v) is 6.46. The number of aromatic amines is 1.